The van der Waals surface area contributed by atoms with Crippen LogP contribution in [0, 0.1) is 0 Å². The number of piperazine rings is 1. The Hall–Kier alpha value is -1.66. The first-order valence-electron chi connectivity index (χ1n) is 7.24. The number of nitrogens with zero attached hydrogens (tertiary/aromatic N) is 3. The summed E-state index contributed by atoms with van der Waals surface area (Å²) in [5, 5.41) is 4.12. The van der Waals surface area contributed by atoms with Crippen molar-refractivity contribution >= 4 is 29.2 Å². The zero-order valence-corrected chi connectivity index (χ0v) is 13.4. The zero-order valence-electron chi connectivity index (χ0n) is 12.6. The average molecular weight is 305 g/mol. The number of thiocarbonyl (C=S) groups is 1. The summed E-state index contributed by atoms with van der Waals surface area (Å²) in [6.07, 6.45) is 1.71. The van der Waals surface area contributed by atoms with Crippen LogP contribution in [0.15, 0.2) is 29.4 Å². The Bertz CT molecular complexity index is 489. The molecule has 1 heterocycles. The molecule has 1 saturated heterocycles. The third-order valence-electron chi connectivity index (χ3n) is 3.69. The molecule has 0 spiro atoms. The van der Waals surface area contributed by atoms with Crippen LogP contribution in [0.5, 0.6) is 0 Å². The van der Waals surface area contributed by atoms with Crippen molar-refractivity contribution in [2.75, 3.05) is 31.1 Å². The maximum Gasteiger partial charge on any atom is 0.184 e. The third-order valence-corrected chi connectivity index (χ3v) is 3.78. The largest absolute Gasteiger partial charge is 0.375 e. The summed E-state index contributed by atoms with van der Waals surface area (Å²) < 4.78 is 0. The van der Waals surface area contributed by atoms with Gasteiger partial charge in [-0.2, -0.15) is 5.10 Å². The Morgan fingerprint density at radius 3 is 2.38 bits per heavy atom. The molecule has 0 bridgehead atoms. The minimum absolute atomic E-state index is 0.172. The first-order valence-corrected chi connectivity index (χ1v) is 7.64. The molecule has 1 aliphatic heterocycles. The van der Waals surface area contributed by atoms with E-state index in [1.807, 2.05) is 0 Å². The van der Waals surface area contributed by atoms with Crippen molar-refractivity contribution in [1.82, 2.24) is 10.3 Å². The number of nitrogens with one attached hydrogen (secondary N) is 1. The Balaban J connectivity index is 1.91. The smallest absolute Gasteiger partial charge is 0.184 e. The highest BCUT2D eigenvalue weighted by molar-refractivity contribution is 7.80. The second kappa shape index (κ2) is 7.38. The van der Waals surface area contributed by atoms with Crippen LogP contribution in [-0.4, -0.2) is 48.4 Å². The van der Waals surface area contributed by atoms with Crippen molar-refractivity contribution in [2.45, 2.75) is 19.9 Å². The monoisotopic (exact) mass is 305 g/mol. The number of nitrogens with two attached hydrogens (primary N) is 1. The van der Waals surface area contributed by atoms with Crippen LogP contribution >= 0.6 is 12.2 Å². The lowest BCUT2D eigenvalue weighted by molar-refractivity contribution is 0.209. The van der Waals surface area contributed by atoms with E-state index >= 15 is 0 Å². The Morgan fingerprint density at radius 2 is 1.86 bits per heavy atom. The lowest BCUT2D eigenvalue weighted by Gasteiger charge is -2.38. The van der Waals surface area contributed by atoms with Gasteiger partial charge in [0.2, 0.25) is 0 Å². The summed E-state index contributed by atoms with van der Waals surface area (Å²) >= 11 is 4.69. The van der Waals surface area contributed by atoms with Crippen molar-refractivity contribution in [1.29, 1.82) is 0 Å². The molecule has 0 aromatic heterocycles. The molecular weight excluding hydrogens is 282 g/mol. The normalized spacial score (nSPS) is 16.6. The lowest BCUT2D eigenvalue weighted by atomic mass is 10.2. The van der Waals surface area contributed by atoms with Gasteiger partial charge in [-0.3, -0.25) is 10.3 Å². The molecule has 2 rings (SSSR count). The summed E-state index contributed by atoms with van der Waals surface area (Å²) in [4.78, 5) is 4.94. The standard InChI is InChI=1S/C15H23N5S/c1-12(2)19-7-9-20(10-8-19)14-5-3-13(4-6-14)11-17-18-15(16)21/h3-6,11-12H,7-10H2,1-2H3,(H3,16,18,21). The second-order valence-electron chi connectivity index (χ2n) is 5.44. The van der Waals surface area contributed by atoms with Crippen LogP contribution in [0.1, 0.15) is 19.4 Å². The lowest BCUT2D eigenvalue weighted by Crippen LogP contribution is -2.48. The van der Waals surface area contributed by atoms with E-state index in [-0.39, 0.29) is 5.11 Å². The van der Waals surface area contributed by atoms with Crippen molar-refractivity contribution in [3.63, 3.8) is 0 Å². The molecule has 0 radical (unpaired) electrons. The Kier molecular flexibility index (Phi) is 5.52. The van der Waals surface area contributed by atoms with Crippen molar-refractivity contribution in [3.05, 3.63) is 29.8 Å². The van der Waals surface area contributed by atoms with Gasteiger partial charge >= 0.3 is 0 Å². The second-order valence-corrected chi connectivity index (χ2v) is 5.88. The molecule has 1 fully saturated rings. The summed E-state index contributed by atoms with van der Waals surface area (Å²) in [6, 6.07) is 9.00. The summed E-state index contributed by atoms with van der Waals surface area (Å²) in [5.41, 5.74) is 10.1. The van der Waals surface area contributed by atoms with Gasteiger partial charge in [0.15, 0.2) is 5.11 Å². The van der Waals surface area contributed by atoms with Gasteiger partial charge in [-0.1, -0.05) is 12.1 Å². The third kappa shape index (κ3) is 4.68. The van der Waals surface area contributed by atoms with Crippen LogP contribution in [0.4, 0.5) is 5.69 Å². The van der Waals surface area contributed by atoms with Gasteiger partial charge in [0.1, 0.15) is 0 Å². The van der Waals surface area contributed by atoms with E-state index in [4.69, 9.17) is 5.73 Å². The average Bonchev–Trinajstić information content (AvgIpc) is 2.48. The minimum Gasteiger partial charge on any atom is -0.375 e. The van der Waals surface area contributed by atoms with Crippen LogP contribution in [0.25, 0.3) is 0 Å². The SMILES string of the molecule is CC(C)N1CCN(c2ccc(C=NNC(N)=S)cc2)CC1. The molecule has 1 aliphatic rings. The molecular formula is C15H23N5S. The number of hydrazone groups is 1. The highest BCUT2D eigenvalue weighted by Crippen LogP contribution is 2.17. The number of anilines is 1. The Labute approximate surface area is 131 Å². The fourth-order valence-corrected chi connectivity index (χ4v) is 2.49. The highest BCUT2D eigenvalue weighted by atomic mass is 32.1. The van der Waals surface area contributed by atoms with E-state index in [0.29, 0.717) is 6.04 Å². The maximum absolute atomic E-state index is 5.31. The maximum atomic E-state index is 5.31. The van der Waals surface area contributed by atoms with Crippen LogP contribution in [-0.2, 0) is 0 Å². The van der Waals surface area contributed by atoms with Gasteiger partial charge < -0.3 is 10.6 Å². The number of rotatable bonds is 4. The quantitative estimate of drug-likeness (QED) is 0.500. The summed E-state index contributed by atoms with van der Waals surface area (Å²) in [7, 11) is 0. The van der Waals surface area contributed by atoms with Gasteiger partial charge in [0.05, 0.1) is 6.21 Å². The van der Waals surface area contributed by atoms with Crippen molar-refractivity contribution in [2.24, 2.45) is 10.8 Å². The fraction of sp³-hybridized carbons (Fsp3) is 0.467. The number of hydrogen-bond donors (Lipinski definition) is 2. The minimum atomic E-state index is 0.172. The van der Waals surface area contributed by atoms with E-state index in [0.717, 1.165) is 31.7 Å². The predicted molar refractivity (Wildman–Crippen MR) is 92.9 cm³/mol. The van der Waals surface area contributed by atoms with Gasteiger partial charge in [0, 0.05) is 37.9 Å². The van der Waals surface area contributed by atoms with Gasteiger partial charge in [-0.15, -0.1) is 0 Å². The van der Waals surface area contributed by atoms with Crippen molar-refractivity contribution < 1.29 is 0 Å². The molecule has 0 atom stereocenters. The molecule has 114 valence electrons. The first kappa shape index (κ1) is 15.7. The van der Waals surface area contributed by atoms with Gasteiger partial charge in [-0.25, -0.2) is 0 Å². The van der Waals surface area contributed by atoms with Gasteiger partial charge in [-0.05, 0) is 43.8 Å². The molecule has 0 saturated carbocycles. The van der Waals surface area contributed by atoms with E-state index in [1.165, 1.54) is 5.69 Å². The Morgan fingerprint density at radius 1 is 1.24 bits per heavy atom. The molecule has 0 amide bonds. The van der Waals surface area contributed by atoms with E-state index < -0.39 is 0 Å². The molecule has 0 unspecified atom stereocenters. The van der Waals surface area contributed by atoms with E-state index in [2.05, 4.69) is 70.7 Å². The van der Waals surface area contributed by atoms with Crippen LogP contribution < -0.4 is 16.1 Å². The zero-order chi connectivity index (χ0) is 15.2. The topological polar surface area (TPSA) is 56.9 Å². The van der Waals surface area contributed by atoms with E-state index in [1.54, 1.807) is 6.21 Å². The van der Waals surface area contributed by atoms with Crippen LogP contribution in [0.3, 0.4) is 0 Å². The summed E-state index contributed by atoms with van der Waals surface area (Å²) in [5.74, 6) is 0. The van der Waals surface area contributed by atoms with E-state index in [9.17, 15) is 0 Å². The van der Waals surface area contributed by atoms with Crippen molar-refractivity contribution in [3.8, 4) is 0 Å². The number of hydrogen-bond acceptors (Lipinski definition) is 4. The molecule has 0 aliphatic carbocycles. The number of benzene rings is 1. The molecule has 1 aromatic carbocycles. The molecule has 3 N–H and O–H groups in total. The summed E-state index contributed by atoms with van der Waals surface area (Å²) in [6.45, 7) is 8.91. The van der Waals surface area contributed by atoms with Gasteiger partial charge in [0.25, 0.3) is 0 Å². The molecule has 6 heteroatoms. The molecule has 21 heavy (non-hydrogen) atoms. The molecule has 5 nitrogen and oxygen atoms in total. The van der Waals surface area contributed by atoms with Crippen LogP contribution in [0.2, 0.25) is 0 Å². The highest BCUT2D eigenvalue weighted by Gasteiger charge is 2.18. The molecule has 1 aromatic rings. The first-order chi connectivity index (χ1) is 10.1. The predicted octanol–water partition coefficient (Wildman–Crippen LogP) is 1.38. The fourth-order valence-electron chi connectivity index (χ4n) is 2.44.